The summed E-state index contributed by atoms with van der Waals surface area (Å²) in [5, 5.41) is 3.96. The molecule has 0 spiro atoms. The Hall–Kier alpha value is -0.930. The summed E-state index contributed by atoms with van der Waals surface area (Å²) in [4.78, 5) is 11.3. The van der Waals surface area contributed by atoms with Crippen LogP contribution in [0.4, 0.5) is 0 Å². The number of carbonyl (C=O) groups is 1. The molecule has 0 fully saturated rings. The van der Waals surface area contributed by atoms with Crippen LogP contribution < -0.4 is 10.1 Å². The van der Waals surface area contributed by atoms with Gasteiger partial charge in [-0.2, -0.15) is 0 Å². The molecule has 0 atom stereocenters. The highest BCUT2D eigenvalue weighted by Crippen LogP contribution is 2.30. The quantitative estimate of drug-likeness (QED) is 0.871. The van der Waals surface area contributed by atoms with Crippen molar-refractivity contribution in [1.29, 1.82) is 0 Å². The maximum Gasteiger partial charge on any atom is 0.219 e. The summed E-state index contributed by atoms with van der Waals surface area (Å²) < 4.78 is 5.07. The van der Waals surface area contributed by atoms with Gasteiger partial charge in [-0.1, -0.05) is 30.1 Å². The molecule has 1 aromatic carbocycles. The van der Waals surface area contributed by atoms with E-state index in [1.807, 2.05) is 6.92 Å². The van der Waals surface area contributed by atoms with E-state index >= 15 is 0 Å². The predicted octanol–water partition coefficient (Wildman–Crippen LogP) is 3.46. The van der Waals surface area contributed by atoms with E-state index in [9.17, 15) is 4.79 Å². The molecule has 0 radical (unpaired) electrons. The lowest BCUT2D eigenvalue weighted by Gasteiger charge is -2.09. The molecule has 1 N–H and O–H groups in total. The predicted molar refractivity (Wildman–Crippen MR) is 74.6 cm³/mol. The number of carbonyl (C=O) groups excluding carboxylic acids is 1. The number of hydrogen-bond acceptors (Lipinski definition) is 2. The molecule has 0 unspecified atom stereocenters. The van der Waals surface area contributed by atoms with Crippen LogP contribution in [-0.2, 0) is 11.2 Å². The molecule has 0 aromatic heterocycles. The van der Waals surface area contributed by atoms with E-state index in [4.69, 9.17) is 27.9 Å². The van der Waals surface area contributed by atoms with Crippen LogP contribution in [0.5, 0.6) is 5.75 Å². The monoisotopic (exact) mass is 289 g/mol. The van der Waals surface area contributed by atoms with Gasteiger partial charge in [-0.25, -0.2) is 0 Å². The van der Waals surface area contributed by atoms with Gasteiger partial charge < -0.3 is 10.1 Å². The minimum Gasteiger partial charge on any atom is -0.495 e. The van der Waals surface area contributed by atoms with Gasteiger partial charge in [-0.15, -0.1) is 0 Å². The highest BCUT2D eigenvalue weighted by molar-refractivity contribution is 6.34. The van der Waals surface area contributed by atoms with Gasteiger partial charge in [0.15, 0.2) is 0 Å². The molecule has 1 rings (SSSR count). The molecule has 0 saturated carbocycles. The third-order valence-electron chi connectivity index (χ3n) is 2.51. The number of halogens is 2. The summed E-state index contributed by atoms with van der Waals surface area (Å²) in [6.07, 6.45) is 2.05. The Balaban J connectivity index is 2.57. The van der Waals surface area contributed by atoms with Gasteiger partial charge in [0.1, 0.15) is 5.75 Å². The highest BCUT2D eigenvalue weighted by atomic mass is 35.5. The molecule has 0 aliphatic carbocycles. The third-order valence-corrected chi connectivity index (χ3v) is 3.16. The molecule has 5 heteroatoms. The Morgan fingerprint density at radius 1 is 1.33 bits per heavy atom. The number of ether oxygens (including phenoxy) is 1. The molecule has 0 aliphatic rings. The molecule has 1 amide bonds. The van der Waals surface area contributed by atoms with Crippen LogP contribution in [-0.4, -0.2) is 19.6 Å². The second-order valence-corrected chi connectivity index (χ2v) is 4.74. The molecular weight excluding hydrogens is 273 g/mol. The SMILES string of the molecule is CCCC(=O)NCCc1cc(Cl)c(OC)cc1Cl. The van der Waals surface area contributed by atoms with Gasteiger partial charge in [-0.3, -0.25) is 4.79 Å². The van der Waals surface area contributed by atoms with Crippen LogP contribution in [0.1, 0.15) is 25.3 Å². The van der Waals surface area contributed by atoms with Crippen LogP contribution in [0.25, 0.3) is 0 Å². The zero-order chi connectivity index (χ0) is 13.5. The molecule has 3 nitrogen and oxygen atoms in total. The van der Waals surface area contributed by atoms with Crippen LogP contribution in [0.15, 0.2) is 12.1 Å². The van der Waals surface area contributed by atoms with Crippen LogP contribution in [0.3, 0.4) is 0 Å². The van der Waals surface area contributed by atoms with E-state index in [2.05, 4.69) is 5.32 Å². The Morgan fingerprint density at radius 2 is 2.06 bits per heavy atom. The fourth-order valence-electron chi connectivity index (χ4n) is 1.57. The molecule has 1 aromatic rings. The number of nitrogens with one attached hydrogen (secondary N) is 1. The standard InChI is InChI=1S/C13H17Cl2NO2/c1-3-4-13(17)16-6-5-9-7-11(15)12(18-2)8-10(9)14/h7-8H,3-6H2,1-2H3,(H,16,17). The number of rotatable bonds is 6. The average Bonchev–Trinajstić information content (AvgIpc) is 2.33. The molecule has 0 heterocycles. The van der Waals surface area contributed by atoms with E-state index in [-0.39, 0.29) is 5.91 Å². The number of benzene rings is 1. The summed E-state index contributed by atoms with van der Waals surface area (Å²) in [7, 11) is 1.54. The summed E-state index contributed by atoms with van der Waals surface area (Å²) in [5.74, 6) is 0.619. The van der Waals surface area contributed by atoms with Crippen molar-refractivity contribution in [2.45, 2.75) is 26.2 Å². The van der Waals surface area contributed by atoms with E-state index in [1.165, 1.54) is 0 Å². The smallest absolute Gasteiger partial charge is 0.219 e. The lowest BCUT2D eigenvalue weighted by Crippen LogP contribution is -2.25. The van der Waals surface area contributed by atoms with Crippen LogP contribution in [0, 0.1) is 0 Å². The van der Waals surface area contributed by atoms with Gasteiger partial charge in [0.25, 0.3) is 0 Å². The molecule has 0 bridgehead atoms. The topological polar surface area (TPSA) is 38.3 Å². The van der Waals surface area contributed by atoms with E-state index in [0.29, 0.717) is 35.2 Å². The summed E-state index contributed by atoms with van der Waals surface area (Å²) in [6.45, 7) is 2.53. The third kappa shape index (κ3) is 4.39. The number of amides is 1. The molecular formula is C13H17Cl2NO2. The van der Waals surface area contributed by atoms with Crippen LogP contribution >= 0.6 is 23.2 Å². The second kappa shape index (κ2) is 7.49. The van der Waals surface area contributed by atoms with Crippen molar-refractivity contribution in [3.8, 4) is 5.75 Å². The van der Waals surface area contributed by atoms with E-state index < -0.39 is 0 Å². The zero-order valence-electron chi connectivity index (χ0n) is 10.6. The van der Waals surface area contributed by atoms with Gasteiger partial charge in [0.2, 0.25) is 5.91 Å². The minimum atomic E-state index is 0.0632. The van der Waals surface area contributed by atoms with Crippen molar-refractivity contribution in [1.82, 2.24) is 5.32 Å². The molecule has 100 valence electrons. The average molecular weight is 290 g/mol. The van der Waals surface area contributed by atoms with Crippen LogP contribution in [0.2, 0.25) is 10.0 Å². The van der Waals surface area contributed by atoms with Crippen molar-refractivity contribution in [2.24, 2.45) is 0 Å². The zero-order valence-corrected chi connectivity index (χ0v) is 12.1. The number of methoxy groups -OCH3 is 1. The maximum atomic E-state index is 11.3. The van der Waals surface area contributed by atoms with Crippen molar-refractivity contribution in [3.63, 3.8) is 0 Å². The van der Waals surface area contributed by atoms with Gasteiger partial charge >= 0.3 is 0 Å². The van der Waals surface area contributed by atoms with E-state index in [0.717, 1.165) is 12.0 Å². The summed E-state index contributed by atoms with van der Waals surface area (Å²) in [6, 6.07) is 3.46. The lowest BCUT2D eigenvalue weighted by molar-refractivity contribution is -0.121. The molecule has 0 saturated heterocycles. The van der Waals surface area contributed by atoms with Gasteiger partial charge in [-0.05, 0) is 24.5 Å². The minimum absolute atomic E-state index is 0.0632. The first-order valence-corrected chi connectivity index (χ1v) is 6.62. The largest absolute Gasteiger partial charge is 0.495 e. The first-order chi connectivity index (χ1) is 8.58. The van der Waals surface area contributed by atoms with Gasteiger partial charge in [0.05, 0.1) is 12.1 Å². The van der Waals surface area contributed by atoms with Crippen molar-refractivity contribution in [2.75, 3.05) is 13.7 Å². The van der Waals surface area contributed by atoms with Crippen molar-refractivity contribution in [3.05, 3.63) is 27.7 Å². The summed E-state index contributed by atoms with van der Waals surface area (Å²) >= 11 is 12.1. The van der Waals surface area contributed by atoms with Gasteiger partial charge in [0, 0.05) is 24.1 Å². The lowest BCUT2D eigenvalue weighted by atomic mass is 10.1. The Kier molecular flexibility index (Phi) is 6.30. The normalized spacial score (nSPS) is 10.2. The molecule has 0 aliphatic heterocycles. The molecule has 18 heavy (non-hydrogen) atoms. The number of hydrogen-bond donors (Lipinski definition) is 1. The van der Waals surface area contributed by atoms with E-state index in [1.54, 1.807) is 19.2 Å². The maximum absolute atomic E-state index is 11.3. The summed E-state index contributed by atoms with van der Waals surface area (Å²) in [5.41, 5.74) is 0.902. The Morgan fingerprint density at radius 3 is 2.67 bits per heavy atom. The first kappa shape index (κ1) is 15.1. The highest BCUT2D eigenvalue weighted by Gasteiger charge is 2.08. The fraction of sp³-hybridized carbons (Fsp3) is 0.462. The van der Waals surface area contributed by atoms with Crippen molar-refractivity contribution >= 4 is 29.1 Å². The van der Waals surface area contributed by atoms with Crippen molar-refractivity contribution < 1.29 is 9.53 Å². The fourth-order valence-corrected chi connectivity index (χ4v) is 2.08. The Labute approximate surface area is 117 Å². The second-order valence-electron chi connectivity index (χ2n) is 3.93. The first-order valence-electron chi connectivity index (χ1n) is 5.87. The Bertz CT molecular complexity index is 422.